The van der Waals surface area contributed by atoms with Gasteiger partial charge in [-0.2, -0.15) is 18.3 Å². The molecular weight excluding hydrogens is 285 g/mol. The molecule has 8 heteroatoms. The van der Waals surface area contributed by atoms with Crippen molar-refractivity contribution in [3.8, 4) is 17.0 Å². The van der Waals surface area contributed by atoms with Gasteiger partial charge < -0.3 is 5.11 Å². The number of benzene rings is 1. The second-order valence-electron chi connectivity index (χ2n) is 4.54. The highest BCUT2D eigenvalue weighted by atomic mass is 19.4. The zero-order chi connectivity index (χ0) is 15.2. The standard InChI is InChI=1S/C13H9F3N4O/c1-6-9-5-17-19-12(9)20-18-11(6)8-3-2-7(4-10(8)21)13(14,15)16/h2-5,21H,1H3,(H,17,19,20). The summed E-state index contributed by atoms with van der Waals surface area (Å²) >= 11 is 0. The quantitative estimate of drug-likeness (QED) is 0.723. The summed E-state index contributed by atoms with van der Waals surface area (Å²) in [6.07, 6.45) is -2.96. The van der Waals surface area contributed by atoms with Gasteiger partial charge in [-0.25, -0.2) is 0 Å². The molecule has 108 valence electrons. The Bertz CT molecular complexity index is 826. The lowest BCUT2D eigenvalue weighted by Crippen LogP contribution is -2.04. The van der Waals surface area contributed by atoms with Crippen LogP contribution in [0.2, 0.25) is 0 Å². The second-order valence-corrected chi connectivity index (χ2v) is 4.54. The number of fused-ring (bicyclic) bond motifs is 1. The van der Waals surface area contributed by atoms with E-state index in [0.29, 0.717) is 28.4 Å². The number of nitrogens with zero attached hydrogens (tertiary/aromatic N) is 3. The summed E-state index contributed by atoms with van der Waals surface area (Å²) in [6, 6.07) is 2.76. The predicted molar refractivity (Wildman–Crippen MR) is 68.5 cm³/mol. The van der Waals surface area contributed by atoms with E-state index < -0.39 is 17.5 Å². The van der Waals surface area contributed by atoms with Gasteiger partial charge >= 0.3 is 6.18 Å². The van der Waals surface area contributed by atoms with Crippen LogP contribution in [-0.4, -0.2) is 25.5 Å². The number of aromatic amines is 1. The van der Waals surface area contributed by atoms with Crippen LogP contribution in [0, 0.1) is 6.92 Å². The smallest absolute Gasteiger partial charge is 0.416 e. The normalized spacial score (nSPS) is 12.0. The summed E-state index contributed by atoms with van der Waals surface area (Å²) in [5.41, 5.74) is 0.733. The van der Waals surface area contributed by atoms with E-state index in [1.54, 1.807) is 13.1 Å². The first kappa shape index (κ1) is 13.3. The highest BCUT2D eigenvalue weighted by molar-refractivity contribution is 5.84. The van der Waals surface area contributed by atoms with E-state index in [2.05, 4.69) is 20.4 Å². The predicted octanol–water partition coefficient (Wildman–Crippen LogP) is 3.05. The van der Waals surface area contributed by atoms with Crippen LogP contribution in [-0.2, 0) is 6.18 Å². The molecule has 0 aliphatic carbocycles. The van der Waals surface area contributed by atoms with E-state index in [9.17, 15) is 18.3 Å². The molecule has 0 atom stereocenters. The summed E-state index contributed by atoms with van der Waals surface area (Å²) < 4.78 is 37.8. The van der Waals surface area contributed by atoms with Gasteiger partial charge in [0.2, 0.25) is 0 Å². The number of hydrogen-bond donors (Lipinski definition) is 2. The number of aromatic hydroxyl groups is 1. The van der Waals surface area contributed by atoms with Gasteiger partial charge in [0.15, 0.2) is 5.65 Å². The molecule has 0 amide bonds. The molecule has 0 saturated carbocycles. The number of alkyl halides is 3. The Morgan fingerprint density at radius 2 is 1.95 bits per heavy atom. The summed E-state index contributed by atoms with van der Waals surface area (Å²) in [7, 11) is 0. The fourth-order valence-corrected chi connectivity index (χ4v) is 2.10. The molecule has 0 bridgehead atoms. The van der Waals surface area contributed by atoms with Crippen molar-refractivity contribution in [1.29, 1.82) is 0 Å². The van der Waals surface area contributed by atoms with Crippen molar-refractivity contribution in [2.24, 2.45) is 0 Å². The zero-order valence-electron chi connectivity index (χ0n) is 10.7. The molecule has 3 rings (SSSR count). The molecule has 0 aliphatic rings. The minimum atomic E-state index is -4.51. The fraction of sp³-hybridized carbons (Fsp3) is 0.154. The lowest BCUT2D eigenvalue weighted by atomic mass is 10.0. The van der Waals surface area contributed by atoms with Gasteiger partial charge in [-0.15, -0.1) is 10.2 Å². The summed E-state index contributed by atoms with van der Waals surface area (Å²) in [5.74, 6) is -0.495. The monoisotopic (exact) mass is 294 g/mol. The molecular formula is C13H9F3N4O. The SMILES string of the molecule is Cc1c(-c2ccc(C(F)(F)F)cc2O)nnc2[nH]ncc12. The summed E-state index contributed by atoms with van der Waals surface area (Å²) in [6.45, 7) is 1.74. The Hall–Kier alpha value is -2.64. The molecule has 0 unspecified atom stereocenters. The van der Waals surface area contributed by atoms with Gasteiger partial charge in [-0.05, 0) is 30.7 Å². The molecule has 0 fully saturated rings. The molecule has 21 heavy (non-hydrogen) atoms. The van der Waals surface area contributed by atoms with Crippen molar-refractivity contribution >= 4 is 11.0 Å². The number of hydrogen-bond acceptors (Lipinski definition) is 4. The molecule has 2 N–H and O–H groups in total. The first-order chi connectivity index (χ1) is 9.88. The first-order valence-electron chi connectivity index (χ1n) is 5.95. The number of phenolic OH excluding ortho intramolecular Hbond substituents is 1. The maximum Gasteiger partial charge on any atom is 0.416 e. The number of aromatic nitrogens is 4. The van der Waals surface area contributed by atoms with E-state index in [4.69, 9.17) is 0 Å². The molecule has 3 aromatic rings. The second kappa shape index (κ2) is 4.44. The van der Waals surface area contributed by atoms with E-state index in [-0.39, 0.29) is 5.56 Å². The minimum Gasteiger partial charge on any atom is -0.507 e. The van der Waals surface area contributed by atoms with Crippen molar-refractivity contribution in [3.05, 3.63) is 35.5 Å². The van der Waals surface area contributed by atoms with E-state index in [1.165, 1.54) is 6.07 Å². The molecule has 2 heterocycles. The van der Waals surface area contributed by atoms with Crippen LogP contribution in [0.15, 0.2) is 24.4 Å². The number of halogens is 3. The third-order valence-electron chi connectivity index (χ3n) is 3.21. The van der Waals surface area contributed by atoms with Gasteiger partial charge in [-0.3, -0.25) is 5.10 Å². The lowest BCUT2D eigenvalue weighted by Gasteiger charge is -2.11. The third kappa shape index (κ3) is 2.18. The van der Waals surface area contributed by atoms with Gasteiger partial charge in [0.05, 0.1) is 11.8 Å². The van der Waals surface area contributed by atoms with Gasteiger partial charge in [0.25, 0.3) is 0 Å². The molecule has 1 aromatic carbocycles. The average molecular weight is 294 g/mol. The first-order valence-corrected chi connectivity index (χ1v) is 5.95. The van der Waals surface area contributed by atoms with E-state index in [1.807, 2.05) is 0 Å². The molecule has 2 aromatic heterocycles. The third-order valence-corrected chi connectivity index (χ3v) is 3.21. The van der Waals surface area contributed by atoms with E-state index in [0.717, 1.165) is 6.07 Å². The molecule has 0 saturated heterocycles. The van der Waals surface area contributed by atoms with Crippen molar-refractivity contribution < 1.29 is 18.3 Å². The fourth-order valence-electron chi connectivity index (χ4n) is 2.10. The Kier molecular flexibility index (Phi) is 2.82. The van der Waals surface area contributed by atoms with Gasteiger partial charge in [0, 0.05) is 10.9 Å². The van der Waals surface area contributed by atoms with Crippen LogP contribution in [0.4, 0.5) is 13.2 Å². The minimum absolute atomic E-state index is 0.191. The zero-order valence-corrected chi connectivity index (χ0v) is 10.7. The Labute approximate surface area is 116 Å². The van der Waals surface area contributed by atoms with Crippen LogP contribution in [0.3, 0.4) is 0 Å². The van der Waals surface area contributed by atoms with E-state index >= 15 is 0 Å². The Balaban J connectivity index is 2.17. The average Bonchev–Trinajstić information content (AvgIpc) is 2.88. The van der Waals surface area contributed by atoms with Crippen LogP contribution in [0.25, 0.3) is 22.3 Å². The number of phenols is 1. The topological polar surface area (TPSA) is 74.7 Å². The van der Waals surface area contributed by atoms with Crippen molar-refractivity contribution in [2.75, 3.05) is 0 Å². The van der Waals surface area contributed by atoms with Crippen molar-refractivity contribution in [2.45, 2.75) is 13.1 Å². The number of aryl methyl sites for hydroxylation is 1. The van der Waals surface area contributed by atoms with Gasteiger partial charge in [-0.1, -0.05) is 0 Å². The molecule has 0 radical (unpaired) electrons. The number of H-pyrrole nitrogens is 1. The Morgan fingerprint density at radius 3 is 2.62 bits per heavy atom. The molecule has 0 spiro atoms. The highest BCUT2D eigenvalue weighted by Gasteiger charge is 2.31. The van der Waals surface area contributed by atoms with Crippen LogP contribution >= 0.6 is 0 Å². The highest BCUT2D eigenvalue weighted by Crippen LogP contribution is 2.37. The maximum atomic E-state index is 12.6. The van der Waals surface area contributed by atoms with Crippen molar-refractivity contribution in [1.82, 2.24) is 20.4 Å². The molecule has 5 nitrogen and oxygen atoms in total. The summed E-state index contributed by atoms with van der Waals surface area (Å²) in [4.78, 5) is 0. The lowest BCUT2D eigenvalue weighted by molar-refractivity contribution is -0.137. The van der Waals surface area contributed by atoms with Gasteiger partial charge in [0.1, 0.15) is 11.4 Å². The summed E-state index contributed by atoms with van der Waals surface area (Å²) in [5, 5.41) is 24.9. The Morgan fingerprint density at radius 1 is 1.19 bits per heavy atom. The van der Waals surface area contributed by atoms with Crippen LogP contribution in [0.5, 0.6) is 5.75 Å². The van der Waals surface area contributed by atoms with Crippen LogP contribution in [0.1, 0.15) is 11.1 Å². The van der Waals surface area contributed by atoms with Crippen LogP contribution < -0.4 is 0 Å². The largest absolute Gasteiger partial charge is 0.507 e. The number of rotatable bonds is 1. The number of nitrogens with one attached hydrogen (secondary N) is 1. The molecule has 0 aliphatic heterocycles. The van der Waals surface area contributed by atoms with Crippen molar-refractivity contribution in [3.63, 3.8) is 0 Å². The maximum absolute atomic E-state index is 12.6.